The first-order valence-electron chi connectivity index (χ1n) is 4.62. The number of allylic oxidation sites excluding steroid dienone is 2. The maximum absolute atomic E-state index is 2.49. The Labute approximate surface area is 70.1 Å². The second kappa shape index (κ2) is 3.80. The van der Waals surface area contributed by atoms with Gasteiger partial charge in [0.15, 0.2) is 0 Å². The second-order valence-corrected chi connectivity index (χ2v) is 3.60. The lowest BCUT2D eigenvalue weighted by molar-refractivity contribution is 0.237. The molecule has 0 atom stereocenters. The van der Waals surface area contributed by atoms with Gasteiger partial charge in [0.1, 0.15) is 0 Å². The number of hydrogen-bond donors (Lipinski definition) is 0. The van der Waals surface area contributed by atoms with Crippen LogP contribution in [-0.4, -0.2) is 18.0 Å². The van der Waals surface area contributed by atoms with Crippen LogP contribution in [0.1, 0.15) is 33.6 Å². The van der Waals surface area contributed by atoms with E-state index >= 15 is 0 Å². The predicted octanol–water partition coefficient (Wildman–Crippen LogP) is 2.64. The molecule has 1 aliphatic heterocycles. The van der Waals surface area contributed by atoms with Crippen molar-refractivity contribution < 1.29 is 0 Å². The Hall–Kier alpha value is -0.460. The average molecular weight is 153 g/mol. The van der Waals surface area contributed by atoms with Gasteiger partial charge in [0.2, 0.25) is 0 Å². The van der Waals surface area contributed by atoms with Crippen molar-refractivity contribution >= 4 is 0 Å². The summed E-state index contributed by atoms with van der Waals surface area (Å²) < 4.78 is 0. The number of piperidine rings is 1. The highest BCUT2D eigenvalue weighted by molar-refractivity contribution is 4.96. The van der Waals surface area contributed by atoms with Gasteiger partial charge in [0, 0.05) is 18.8 Å². The molecule has 0 unspecified atom stereocenters. The molecule has 11 heavy (non-hydrogen) atoms. The molecule has 1 heterocycles. The third-order valence-electron chi connectivity index (χ3n) is 2.70. The molecular formula is C10H19N. The highest BCUT2D eigenvalue weighted by Gasteiger charge is 2.14. The first-order chi connectivity index (χ1) is 5.24. The van der Waals surface area contributed by atoms with Crippen LogP contribution in [0, 0.1) is 5.92 Å². The minimum Gasteiger partial charge on any atom is -0.375 e. The van der Waals surface area contributed by atoms with Gasteiger partial charge in [0.25, 0.3) is 0 Å². The molecule has 1 saturated heterocycles. The van der Waals surface area contributed by atoms with Crippen LogP contribution < -0.4 is 0 Å². The van der Waals surface area contributed by atoms with Gasteiger partial charge in [-0.15, -0.1) is 0 Å². The summed E-state index contributed by atoms with van der Waals surface area (Å²) in [5, 5.41) is 0. The Bertz CT molecular complexity index is 141. The summed E-state index contributed by atoms with van der Waals surface area (Å²) in [6.45, 7) is 9.19. The zero-order chi connectivity index (χ0) is 8.27. The van der Waals surface area contributed by atoms with E-state index in [0.29, 0.717) is 0 Å². The summed E-state index contributed by atoms with van der Waals surface area (Å²) in [4.78, 5) is 2.49. The van der Waals surface area contributed by atoms with Crippen molar-refractivity contribution in [2.24, 2.45) is 5.92 Å². The fraction of sp³-hybridized carbons (Fsp3) is 0.800. The van der Waals surface area contributed by atoms with Crippen LogP contribution in [0.5, 0.6) is 0 Å². The van der Waals surface area contributed by atoms with E-state index in [1.807, 2.05) is 0 Å². The third-order valence-corrected chi connectivity index (χ3v) is 2.70. The van der Waals surface area contributed by atoms with Crippen molar-refractivity contribution in [3.8, 4) is 0 Å². The van der Waals surface area contributed by atoms with E-state index in [2.05, 4.69) is 31.7 Å². The zero-order valence-electron chi connectivity index (χ0n) is 7.93. The van der Waals surface area contributed by atoms with E-state index in [1.54, 1.807) is 0 Å². The normalized spacial score (nSPS) is 22.5. The van der Waals surface area contributed by atoms with Crippen LogP contribution in [0.3, 0.4) is 0 Å². The Morgan fingerprint density at radius 1 is 1.36 bits per heavy atom. The van der Waals surface area contributed by atoms with Crippen molar-refractivity contribution in [3.63, 3.8) is 0 Å². The molecule has 1 fully saturated rings. The minimum atomic E-state index is 0.941. The van der Waals surface area contributed by atoms with Crippen LogP contribution >= 0.6 is 0 Å². The Morgan fingerprint density at radius 3 is 2.36 bits per heavy atom. The number of likely N-dealkylation sites (tertiary alicyclic amines) is 1. The molecule has 64 valence electrons. The van der Waals surface area contributed by atoms with E-state index in [4.69, 9.17) is 0 Å². The first kappa shape index (κ1) is 8.63. The van der Waals surface area contributed by atoms with Crippen LogP contribution in [0.2, 0.25) is 0 Å². The van der Waals surface area contributed by atoms with Crippen molar-refractivity contribution in [2.75, 3.05) is 13.1 Å². The van der Waals surface area contributed by atoms with Gasteiger partial charge >= 0.3 is 0 Å². The maximum Gasteiger partial charge on any atom is 0.0177 e. The lowest BCUT2D eigenvalue weighted by Crippen LogP contribution is -2.31. The van der Waals surface area contributed by atoms with Crippen molar-refractivity contribution in [1.82, 2.24) is 4.90 Å². The fourth-order valence-electron chi connectivity index (χ4n) is 1.54. The Kier molecular flexibility index (Phi) is 2.98. The molecule has 0 spiro atoms. The Balaban J connectivity index is 2.39. The van der Waals surface area contributed by atoms with Crippen molar-refractivity contribution in [1.29, 1.82) is 0 Å². The molecular weight excluding hydrogens is 134 g/mol. The van der Waals surface area contributed by atoms with Gasteiger partial charge < -0.3 is 4.90 Å². The summed E-state index contributed by atoms with van der Waals surface area (Å²) in [5.41, 5.74) is 1.44. The summed E-state index contributed by atoms with van der Waals surface area (Å²) in [6, 6.07) is 0. The number of hydrogen-bond acceptors (Lipinski definition) is 1. The van der Waals surface area contributed by atoms with E-state index in [9.17, 15) is 0 Å². The summed E-state index contributed by atoms with van der Waals surface area (Å²) in [5.74, 6) is 0.941. The van der Waals surface area contributed by atoms with Crippen LogP contribution in [0.25, 0.3) is 0 Å². The van der Waals surface area contributed by atoms with Gasteiger partial charge in [-0.1, -0.05) is 13.0 Å². The summed E-state index contributed by atoms with van der Waals surface area (Å²) >= 11 is 0. The van der Waals surface area contributed by atoms with Gasteiger partial charge in [0.05, 0.1) is 0 Å². The molecule has 0 aromatic heterocycles. The van der Waals surface area contributed by atoms with E-state index in [1.165, 1.54) is 31.6 Å². The quantitative estimate of drug-likeness (QED) is 0.560. The molecule has 0 aliphatic carbocycles. The number of rotatable bonds is 1. The van der Waals surface area contributed by atoms with E-state index < -0.39 is 0 Å². The zero-order valence-corrected chi connectivity index (χ0v) is 7.93. The van der Waals surface area contributed by atoms with Crippen LogP contribution in [0.15, 0.2) is 11.8 Å². The third kappa shape index (κ3) is 2.25. The SMILES string of the molecule is CC=C(C)N1CCC(C)CC1. The topological polar surface area (TPSA) is 3.24 Å². The van der Waals surface area contributed by atoms with Crippen molar-refractivity contribution in [2.45, 2.75) is 33.6 Å². The second-order valence-electron chi connectivity index (χ2n) is 3.60. The van der Waals surface area contributed by atoms with Gasteiger partial charge in [-0.25, -0.2) is 0 Å². The lowest BCUT2D eigenvalue weighted by atomic mass is 9.99. The summed E-state index contributed by atoms with van der Waals surface area (Å²) in [7, 11) is 0. The van der Waals surface area contributed by atoms with Gasteiger partial charge in [-0.2, -0.15) is 0 Å². The molecule has 1 aliphatic rings. The average Bonchev–Trinajstić information content (AvgIpc) is 2.05. The molecule has 1 nitrogen and oxygen atoms in total. The van der Waals surface area contributed by atoms with Crippen molar-refractivity contribution in [3.05, 3.63) is 11.8 Å². The molecule has 0 aromatic carbocycles. The molecule has 1 rings (SSSR count). The highest BCUT2D eigenvalue weighted by atomic mass is 15.1. The van der Waals surface area contributed by atoms with E-state index in [0.717, 1.165) is 5.92 Å². The first-order valence-corrected chi connectivity index (χ1v) is 4.62. The molecule has 0 radical (unpaired) electrons. The minimum absolute atomic E-state index is 0.941. The standard InChI is InChI=1S/C10H19N/c1-4-10(3)11-7-5-9(2)6-8-11/h4,9H,5-8H2,1-3H3. The smallest absolute Gasteiger partial charge is 0.0177 e. The Morgan fingerprint density at radius 2 is 1.91 bits per heavy atom. The maximum atomic E-state index is 2.49. The van der Waals surface area contributed by atoms with Gasteiger partial charge in [-0.05, 0) is 32.6 Å². The molecule has 0 bridgehead atoms. The number of nitrogens with zero attached hydrogens (tertiary/aromatic N) is 1. The molecule has 0 saturated carbocycles. The largest absolute Gasteiger partial charge is 0.375 e. The van der Waals surface area contributed by atoms with Crippen LogP contribution in [0.4, 0.5) is 0 Å². The van der Waals surface area contributed by atoms with E-state index in [-0.39, 0.29) is 0 Å². The van der Waals surface area contributed by atoms with Crippen LogP contribution in [-0.2, 0) is 0 Å². The fourth-order valence-corrected chi connectivity index (χ4v) is 1.54. The summed E-state index contributed by atoms with van der Waals surface area (Å²) in [6.07, 6.45) is 4.94. The van der Waals surface area contributed by atoms with Gasteiger partial charge in [-0.3, -0.25) is 0 Å². The highest BCUT2D eigenvalue weighted by Crippen LogP contribution is 2.18. The molecule has 0 aromatic rings. The molecule has 1 heteroatoms. The molecule has 0 amide bonds. The predicted molar refractivity (Wildman–Crippen MR) is 49.4 cm³/mol. The monoisotopic (exact) mass is 153 g/mol. The molecule has 0 N–H and O–H groups in total. The lowest BCUT2D eigenvalue weighted by Gasteiger charge is -2.32.